The van der Waals surface area contributed by atoms with Crippen LogP contribution in [0.2, 0.25) is 0 Å². The monoisotopic (exact) mass is 477 g/mol. The van der Waals surface area contributed by atoms with Gasteiger partial charge in [0.2, 0.25) is 5.69 Å². The molecule has 0 saturated heterocycles. The highest BCUT2D eigenvalue weighted by Crippen LogP contribution is 2.48. The summed E-state index contributed by atoms with van der Waals surface area (Å²) in [5.41, 5.74) is 9.52. The zero-order valence-corrected chi connectivity index (χ0v) is 23.0. The summed E-state index contributed by atoms with van der Waals surface area (Å²) in [5.74, 6) is -0.670. The van der Waals surface area contributed by atoms with E-state index < -0.39 is 5.89 Å². The molecule has 0 unspecified atom stereocenters. The first-order chi connectivity index (χ1) is 17.3. The van der Waals surface area contributed by atoms with Gasteiger partial charge in [0, 0.05) is 24.3 Å². The number of furan rings is 1. The first-order valence-corrected chi connectivity index (χ1v) is 13.2. The van der Waals surface area contributed by atoms with Crippen molar-refractivity contribution in [2.75, 3.05) is 0 Å². The Kier molecular flexibility index (Phi) is 4.72. The van der Waals surface area contributed by atoms with Gasteiger partial charge in [0.15, 0.2) is 6.20 Å². The Hall–Kier alpha value is -3.13. The normalized spacial score (nSPS) is 17.5. The van der Waals surface area contributed by atoms with Crippen molar-refractivity contribution in [2.24, 2.45) is 7.05 Å². The number of pyridine rings is 1. The fraction of sp³-hybridized carbons (Fsp3) is 0.382. The first kappa shape index (κ1) is 22.1. The van der Waals surface area contributed by atoms with Crippen LogP contribution >= 0.6 is 0 Å². The molecule has 2 heterocycles. The lowest BCUT2D eigenvalue weighted by Gasteiger charge is -2.42. The molecule has 0 saturated carbocycles. The molecule has 6 rings (SSSR count). The number of rotatable bonds is 2. The van der Waals surface area contributed by atoms with E-state index in [2.05, 4.69) is 94.9 Å². The Morgan fingerprint density at radius 1 is 0.861 bits per heavy atom. The minimum absolute atomic E-state index is 0.178. The molecule has 0 aliphatic heterocycles. The quantitative estimate of drug-likeness (QED) is 0.232. The third kappa shape index (κ3) is 3.41. The van der Waals surface area contributed by atoms with E-state index in [9.17, 15) is 0 Å². The van der Waals surface area contributed by atoms with Gasteiger partial charge >= 0.3 is 0 Å². The van der Waals surface area contributed by atoms with Crippen LogP contribution in [-0.4, -0.2) is 0 Å². The van der Waals surface area contributed by atoms with Gasteiger partial charge in [0.1, 0.15) is 18.2 Å². The first-order valence-electron chi connectivity index (χ1n) is 13.7. The van der Waals surface area contributed by atoms with Crippen LogP contribution in [0.25, 0.3) is 44.0 Å². The maximum absolute atomic E-state index is 8.58. The van der Waals surface area contributed by atoms with Crippen molar-refractivity contribution in [2.45, 2.75) is 78.0 Å². The highest BCUT2D eigenvalue weighted by atomic mass is 16.3. The Labute approximate surface area is 216 Å². The average Bonchev–Trinajstić information content (AvgIpc) is 3.17. The van der Waals surface area contributed by atoms with E-state index in [1.807, 2.05) is 19.9 Å². The van der Waals surface area contributed by atoms with Crippen LogP contribution in [0, 0.1) is 6.92 Å². The molecule has 1 aliphatic rings. The van der Waals surface area contributed by atoms with Crippen LogP contribution in [0.1, 0.15) is 83.9 Å². The van der Waals surface area contributed by atoms with E-state index in [4.69, 9.17) is 5.79 Å². The third-order valence-corrected chi connectivity index (χ3v) is 8.76. The van der Waals surface area contributed by atoms with Gasteiger partial charge in [-0.25, -0.2) is 4.57 Å². The summed E-state index contributed by atoms with van der Waals surface area (Å²) in [5, 5.41) is 4.84. The second-order valence-corrected chi connectivity index (χ2v) is 12.5. The van der Waals surface area contributed by atoms with Crippen molar-refractivity contribution in [1.82, 2.24) is 0 Å². The standard InChI is InChI=1S/C34H38NO/c1-20(2)22-11-14-35(8)29(18-22)31-21(3)9-10-25-26-15-23-16-27-28(34(6,7)13-12-33(27,4)5)17-24(23)19-30(26)36-32(25)31/h9-11,14-20H,12-13H2,1-8H3/q+1/i20D. The molecule has 2 aromatic heterocycles. The number of fused-ring (bicyclic) bond motifs is 5. The van der Waals surface area contributed by atoms with Gasteiger partial charge in [-0.3, -0.25) is 0 Å². The molecule has 2 nitrogen and oxygen atoms in total. The van der Waals surface area contributed by atoms with Gasteiger partial charge in [-0.2, -0.15) is 0 Å². The maximum Gasteiger partial charge on any atom is 0.216 e. The fourth-order valence-corrected chi connectivity index (χ4v) is 6.19. The van der Waals surface area contributed by atoms with Crippen molar-refractivity contribution < 1.29 is 10.4 Å². The second-order valence-electron chi connectivity index (χ2n) is 12.5. The molecule has 1 aliphatic carbocycles. The number of hydrogen-bond acceptors (Lipinski definition) is 1. The predicted octanol–water partition coefficient (Wildman–Crippen LogP) is 9.01. The minimum Gasteiger partial charge on any atom is -0.455 e. The Morgan fingerprint density at radius 2 is 1.50 bits per heavy atom. The zero-order valence-electron chi connectivity index (χ0n) is 24.0. The van der Waals surface area contributed by atoms with E-state index >= 15 is 0 Å². The lowest BCUT2D eigenvalue weighted by Crippen LogP contribution is -2.33. The van der Waals surface area contributed by atoms with E-state index in [1.165, 1.54) is 40.3 Å². The maximum atomic E-state index is 8.58. The van der Waals surface area contributed by atoms with E-state index in [0.29, 0.717) is 0 Å². The SMILES string of the molecule is [2H]C(C)(C)c1cc[n+](C)c(-c2c(C)ccc3c2oc2cc4cc5c(cc4cc23)C(C)(C)CCC5(C)C)c1. The van der Waals surface area contributed by atoms with Crippen molar-refractivity contribution in [1.29, 1.82) is 0 Å². The summed E-state index contributed by atoms with van der Waals surface area (Å²) in [7, 11) is 2.07. The predicted molar refractivity (Wildman–Crippen MR) is 152 cm³/mol. The second kappa shape index (κ2) is 7.68. The minimum atomic E-state index is -0.670. The Morgan fingerprint density at radius 3 is 2.14 bits per heavy atom. The summed E-state index contributed by atoms with van der Waals surface area (Å²) >= 11 is 0. The Bertz CT molecular complexity index is 1730. The van der Waals surface area contributed by atoms with E-state index in [1.54, 1.807) is 0 Å². The lowest BCUT2D eigenvalue weighted by atomic mass is 9.63. The van der Waals surface area contributed by atoms with Gasteiger partial charge in [-0.05, 0) is 81.6 Å². The molecule has 0 spiro atoms. The largest absolute Gasteiger partial charge is 0.455 e. The summed E-state index contributed by atoms with van der Waals surface area (Å²) in [6.45, 7) is 15.6. The van der Waals surface area contributed by atoms with Crippen LogP contribution in [-0.2, 0) is 17.9 Å². The van der Waals surface area contributed by atoms with E-state index in [0.717, 1.165) is 38.8 Å². The van der Waals surface area contributed by atoms with Crippen LogP contribution in [0.5, 0.6) is 0 Å². The van der Waals surface area contributed by atoms with Crippen LogP contribution in [0.4, 0.5) is 0 Å². The number of nitrogens with zero attached hydrogens (tertiary/aromatic N) is 1. The van der Waals surface area contributed by atoms with Gasteiger partial charge in [-0.15, -0.1) is 0 Å². The molecule has 0 radical (unpaired) electrons. The van der Waals surface area contributed by atoms with Gasteiger partial charge in [-0.1, -0.05) is 65.8 Å². The van der Waals surface area contributed by atoms with Crippen molar-refractivity contribution in [3.63, 3.8) is 0 Å². The van der Waals surface area contributed by atoms with Gasteiger partial charge in [0.05, 0.1) is 5.56 Å². The molecule has 3 aromatic carbocycles. The third-order valence-electron chi connectivity index (χ3n) is 8.76. The summed E-state index contributed by atoms with van der Waals surface area (Å²) in [4.78, 5) is 0. The Balaban J connectivity index is 1.65. The van der Waals surface area contributed by atoms with Gasteiger partial charge < -0.3 is 4.42 Å². The van der Waals surface area contributed by atoms with Crippen LogP contribution in [0.15, 0.2) is 59.1 Å². The molecule has 0 amide bonds. The molecule has 184 valence electrons. The summed E-state index contributed by atoms with van der Waals surface area (Å²) in [6, 6.07) is 18.0. The molecule has 0 N–H and O–H groups in total. The molecule has 0 fully saturated rings. The summed E-state index contributed by atoms with van der Waals surface area (Å²) < 4.78 is 17.4. The lowest BCUT2D eigenvalue weighted by molar-refractivity contribution is -0.660. The van der Waals surface area contributed by atoms with Crippen molar-refractivity contribution >= 4 is 32.7 Å². The fourth-order valence-electron chi connectivity index (χ4n) is 6.19. The zero-order chi connectivity index (χ0) is 26.5. The molecular weight excluding hydrogens is 438 g/mol. The highest BCUT2D eigenvalue weighted by Gasteiger charge is 2.37. The number of benzene rings is 3. The molecule has 2 heteroatoms. The number of aryl methyl sites for hydroxylation is 2. The topological polar surface area (TPSA) is 17.0 Å². The molecular formula is C34H38NO+. The molecule has 5 aromatic rings. The summed E-state index contributed by atoms with van der Waals surface area (Å²) in [6.07, 6.45) is 4.48. The number of aromatic nitrogens is 1. The molecule has 0 atom stereocenters. The van der Waals surface area contributed by atoms with Crippen molar-refractivity contribution in [3.8, 4) is 11.3 Å². The van der Waals surface area contributed by atoms with Crippen LogP contribution in [0.3, 0.4) is 0 Å². The molecule has 0 bridgehead atoms. The van der Waals surface area contributed by atoms with Gasteiger partial charge in [0.25, 0.3) is 0 Å². The van der Waals surface area contributed by atoms with Crippen LogP contribution < -0.4 is 4.57 Å². The van der Waals surface area contributed by atoms with Crippen molar-refractivity contribution in [3.05, 3.63) is 77.0 Å². The molecule has 36 heavy (non-hydrogen) atoms. The van der Waals surface area contributed by atoms with E-state index in [-0.39, 0.29) is 10.8 Å². The smallest absolute Gasteiger partial charge is 0.216 e. The highest BCUT2D eigenvalue weighted by molar-refractivity contribution is 6.13. The number of hydrogen-bond donors (Lipinski definition) is 0. The average molecular weight is 478 g/mol.